The minimum absolute atomic E-state index is 0.0723. The van der Waals surface area contributed by atoms with E-state index in [1.54, 1.807) is 41.5 Å². The van der Waals surface area contributed by atoms with Crippen molar-refractivity contribution in [1.82, 2.24) is 4.90 Å². The van der Waals surface area contributed by atoms with Crippen molar-refractivity contribution in [3.8, 4) is 0 Å². The van der Waals surface area contributed by atoms with Gasteiger partial charge in [0.15, 0.2) is 0 Å². The molecule has 0 aromatic heterocycles. The zero-order valence-corrected chi connectivity index (χ0v) is 16.1. The molecule has 1 saturated carbocycles. The molecule has 7 heteroatoms. The van der Waals surface area contributed by atoms with Crippen molar-refractivity contribution < 1.29 is 28.6 Å². The molecule has 2 aliphatic rings. The first kappa shape index (κ1) is 19.7. The van der Waals surface area contributed by atoms with Crippen molar-refractivity contribution in [2.75, 3.05) is 13.2 Å². The monoisotopic (exact) mass is 355 g/mol. The lowest BCUT2D eigenvalue weighted by Gasteiger charge is -2.35. The van der Waals surface area contributed by atoms with Crippen LogP contribution >= 0.6 is 0 Å². The lowest BCUT2D eigenvalue weighted by Crippen LogP contribution is -2.51. The van der Waals surface area contributed by atoms with Crippen LogP contribution in [0, 0.1) is 17.8 Å². The molecule has 2 fully saturated rings. The molecule has 0 radical (unpaired) electrons. The Labute approximate surface area is 149 Å². The molecule has 0 aromatic rings. The summed E-state index contributed by atoms with van der Waals surface area (Å²) in [5.74, 6) is -1.72. The van der Waals surface area contributed by atoms with Gasteiger partial charge in [0.1, 0.15) is 17.1 Å². The van der Waals surface area contributed by atoms with Crippen LogP contribution in [0.25, 0.3) is 0 Å². The summed E-state index contributed by atoms with van der Waals surface area (Å²) in [7, 11) is 0. The molecule has 0 unspecified atom stereocenters. The average molecular weight is 355 g/mol. The van der Waals surface area contributed by atoms with Gasteiger partial charge in [0, 0.05) is 11.8 Å². The van der Waals surface area contributed by atoms with Crippen molar-refractivity contribution in [1.29, 1.82) is 0 Å². The maximum absolute atomic E-state index is 12.7. The fourth-order valence-corrected chi connectivity index (χ4v) is 3.66. The smallest absolute Gasteiger partial charge is 0.412 e. The third-order valence-corrected chi connectivity index (χ3v) is 4.66. The van der Waals surface area contributed by atoms with Crippen LogP contribution in [0.4, 0.5) is 4.79 Å². The Morgan fingerprint density at radius 1 is 1.20 bits per heavy atom. The van der Waals surface area contributed by atoms with Gasteiger partial charge in [0.25, 0.3) is 0 Å². The Hall–Kier alpha value is -1.63. The SMILES string of the molecule is CCOC(=O)[C@@H]1[C@@H](C(C)=O)[C@H]1[C@@H]1COC(C)(C)N1C(=O)OC(C)(C)C. The third kappa shape index (κ3) is 3.97. The van der Waals surface area contributed by atoms with Crippen LogP contribution < -0.4 is 0 Å². The van der Waals surface area contributed by atoms with Crippen molar-refractivity contribution in [3.63, 3.8) is 0 Å². The van der Waals surface area contributed by atoms with Gasteiger partial charge in [0.05, 0.1) is 25.2 Å². The van der Waals surface area contributed by atoms with Crippen LogP contribution in [0.3, 0.4) is 0 Å². The number of carbonyl (C=O) groups excluding carboxylic acids is 3. The number of esters is 1. The van der Waals surface area contributed by atoms with Crippen molar-refractivity contribution in [2.45, 2.75) is 65.8 Å². The maximum Gasteiger partial charge on any atom is 0.412 e. The molecule has 1 aliphatic carbocycles. The molecule has 4 atom stereocenters. The molecule has 0 bridgehead atoms. The lowest BCUT2D eigenvalue weighted by atomic mass is 10.1. The van der Waals surface area contributed by atoms with E-state index < -0.39 is 35.3 Å². The summed E-state index contributed by atoms with van der Waals surface area (Å²) < 4.78 is 16.4. The van der Waals surface area contributed by atoms with Crippen LogP contribution in [0.5, 0.6) is 0 Å². The standard InChI is InChI=1S/C18H29NO6/c1-8-23-15(21)14-12(10(2)20)13(14)11-9-24-18(6,7)19(11)16(22)25-17(3,4)5/h11-14H,8-9H2,1-7H3/t11-,12-,13+,14+/m0/s1. The van der Waals surface area contributed by atoms with Gasteiger partial charge in [-0.2, -0.15) is 0 Å². The summed E-state index contributed by atoms with van der Waals surface area (Å²) in [5, 5.41) is 0. The van der Waals surface area contributed by atoms with Crippen molar-refractivity contribution in [2.24, 2.45) is 17.8 Å². The first-order valence-electron chi connectivity index (χ1n) is 8.74. The molecule has 1 amide bonds. The second-order valence-corrected chi connectivity index (χ2v) is 8.17. The van der Waals surface area contributed by atoms with E-state index in [0.29, 0.717) is 0 Å². The molecule has 142 valence electrons. The highest BCUT2D eigenvalue weighted by atomic mass is 16.6. The Balaban J connectivity index is 2.25. The third-order valence-electron chi connectivity index (χ3n) is 4.66. The number of hydrogen-bond acceptors (Lipinski definition) is 6. The number of hydrogen-bond donors (Lipinski definition) is 0. The van der Waals surface area contributed by atoms with Gasteiger partial charge in [-0.15, -0.1) is 0 Å². The number of carbonyl (C=O) groups is 3. The van der Waals surface area contributed by atoms with Crippen LogP contribution in [-0.4, -0.2) is 53.3 Å². The molecule has 1 heterocycles. The minimum atomic E-state index is -0.865. The first-order valence-corrected chi connectivity index (χ1v) is 8.74. The topological polar surface area (TPSA) is 82.1 Å². The lowest BCUT2D eigenvalue weighted by molar-refractivity contribution is -0.146. The van der Waals surface area contributed by atoms with Gasteiger partial charge in [-0.1, -0.05) is 0 Å². The number of amides is 1. The molecule has 0 spiro atoms. The molecule has 1 aliphatic heterocycles. The summed E-state index contributed by atoms with van der Waals surface area (Å²) >= 11 is 0. The van der Waals surface area contributed by atoms with Gasteiger partial charge < -0.3 is 14.2 Å². The predicted molar refractivity (Wildman–Crippen MR) is 89.7 cm³/mol. The average Bonchev–Trinajstić information content (AvgIpc) is 3.09. The largest absolute Gasteiger partial charge is 0.466 e. The number of ketones is 1. The van der Waals surface area contributed by atoms with Gasteiger partial charge >= 0.3 is 12.1 Å². The van der Waals surface area contributed by atoms with Crippen LogP contribution in [0.1, 0.15) is 48.5 Å². The number of ether oxygens (including phenoxy) is 3. The van der Waals surface area contributed by atoms with E-state index in [2.05, 4.69) is 0 Å². The molecule has 1 saturated heterocycles. The van der Waals surface area contributed by atoms with Gasteiger partial charge in [0.2, 0.25) is 0 Å². The van der Waals surface area contributed by atoms with Crippen LogP contribution in [0.15, 0.2) is 0 Å². The van der Waals surface area contributed by atoms with E-state index in [-0.39, 0.29) is 30.9 Å². The molecular formula is C18H29NO6. The van der Waals surface area contributed by atoms with E-state index in [1.807, 2.05) is 0 Å². The zero-order valence-electron chi connectivity index (χ0n) is 16.1. The highest BCUT2D eigenvalue weighted by molar-refractivity contribution is 5.91. The number of Topliss-reactive ketones (excluding diaryl/α,β-unsaturated/α-hetero) is 1. The Kier molecular flexibility index (Phi) is 5.19. The van der Waals surface area contributed by atoms with Crippen LogP contribution in [-0.2, 0) is 23.8 Å². The van der Waals surface area contributed by atoms with E-state index in [0.717, 1.165) is 0 Å². The summed E-state index contributed by atoms with van der Waals surface area (Å²) in [6.45, 7) is 12.7. The van der Waals surface area contributed by atoms with E-state index in [9.17, 15) is 14.4 Å². The van der Waals surface area contributed by atoms with E-state index in [4.69, 9.17) is 14.2 Å². The second-order valence-electron chi connectivity index (χ2n) is 8.17. The molecular weight excluding hydrogens is 326 g/mol. The Morgan fingerprint density at radius 2 is 1.80 bits per heavy atom. The zero-order chi connectivity index (χ0) is 19.2. The summed E-state index contributed by atoms with van der Waals surface area (Å²) in [5.41, 5.74) is -1.51. The maximum atomic E-state index is 12.7. The Morgan fingerprint density at radius 3 is 2.28 bits per heavy atom. The van der Waals surface area contributed by atoms with E-state index in [1.165, 1.54) is 11.8 Å². The molecule has 0 N–H and O–H groups in total. The molecule has 2 rings (SSSR count). The number of rotatable bonds is 4. The quantitative estimate of drug-likeness (QED) is 0.720. The van der Waals surface area contributed by atoms with Gasteiger partial charge in [-0.3, -0.25) is 14.5 Å². The molecule has 25 heavy (non-hydrogen) atoms. The van der Waals surface area contributed by atoms with Gasteiger partial charge in [-0.05, 0) is 48.5 Å². The fourth-order valence-electron chi connectivity index (χ4n) is 3.66. The highest BCUT2D eigenvalue weighted by Crippen LogP contribution is 2.54. The summed E-state index contributed by atoms with van der Waals surface area (Å²) in [6, 6.07) is -0.395. The van der Waals surface area contributed by atoms with Crippen molar-refractivity contribution in [3.05, 3.63) is 0 Å². The molecule has 0 aromatic carbocycles. The molecule has 7 nitrogen and oxygen atoms in total. The summed E-state index contributed by atoms with van der Waals surface area (Å²) in [6.07, 6.45) is -0.503. The highest BCUT2D eigenvalue weighted by Gasteiger charge is 2.66. The Bertz CT molecular complexity index is 564. The minimum Gasteiger partial charge on any atom is -0.466 e. The predicted octanol–water partition coefficient (Wildman–Crippen LogP) is 2.37. The normalized spacial score (nSPS) is 30.8. The first-order chi connectivity index (χ1) is 11.4. The van der Waals surface area contributed by atoms with Gasteiger partial charge in [-0.25, -0.2) is 4.79 Å². The number of nitrogens with zero attached hydrogens (tertiary/aromatic N) is 1. The summed E-state index contributed by atoms with van der Waals surface area (Å²) in [4.78, 5) is 38.4. The van der Waals surface area contributed by atoms with E-state index >= 15 is 0 Å². The van der Waals surface area contributed by atoms with Crippen molar-refractivity contribution >= 4 is 17.8 Å². The second kappa shape index (κ2) is 6.59. The van der Waals surface area contributed by atoms with Crippen LogP contribution in [0.2, 0.25) is 0 Å². The fraction of sp³-hybridized carbons (Fsp3) is 0.833.